The number of Topliss-reactive ketones (excluding diaryl/α,β-unsaturated/α-hetero) is 1. The molecule has 0 bridgehead atoms. The van der Waals surface area contributed by atoms with Crippen molar-refractivity contribution in [3.63, 3.8) is 0 Å². The standard InChI is InChI=1S/C14H18O3/c1-2-11-3-5-12(6-4-11)9-13(15)10-14-16-7-8-17-14/h3-6,14H,2,7-10H2,1H3. The van der Waals surface area contributed by atoms with Crippen molar-refractivity contribution in [2.45, 2.75) is 32.5 Å². The number of ketones is 1. The normalized spacial score (nSPS) is 16.3. The second-order valence-electron chi connectivity index (χ2n) is 4.26. The molecule has 0 N–H and O–H groups in total. The molecule has 1 aromatic carbocycles. The van der Waals surface area contributed by atoms with Crippen molar-refractivity contribution in [1.29, 1.82) is 0 Å². The third-order valence-corrected chi connectivity index (χ3v) is 2.92. The van der Waals surface area contributed by atoms with E-state index in [-0.39, 0.29) is 12.1 Å². The van der Waals surface area contributed by atoms with Crippen molar-refractivity contribution in [2.24, 2.45) is 0 Å². The third-order valence-electron chi connectivity index (χ3n) is 2.92. The fraction of sp³-hybridized carbons (Fsp3) is 0.500. The van der Waals surface area contributed by atoms with Gasteiger partial charge in [0.2, 0.25) is 0 Å². The molecule has 92 valence electrons. The maximum absolute atomic E-state index is 11.8. The van der Waals surface area contributed by atoms with Gasteiger partial charge in [-0.15, -0.1) is 0 Å². The molecule has 0 aromatic heterocycles. The highest BCUT2D eigenvalue weighted by molar-refractivity contribution is 5.81. The van der Waals surface area contributed by atoms with E-state index in [9.17, 15) is 4.79 Å². The SMILES string of the molecule is CCc1ccc(CC(=O)CC2OCCO2)cc1. The topological polar surface area (TPSA) is 35.5 Å². The van der Waals surface area contributed by atoms with Gasteiger partial charge in [0.25, 0.3) is 0 Å². The lowest BCUT2D eigenvalue weighted by Gasteiger charge is -2.08. The molecule has 1 aliphatic heterocycles. The lowest BCUT2D eigenvalue weighted by atomic mass is 10.0. The van der Waals surface area contributed by atoms with Crippen LogP contribution in [0.5, 0.6) is 0 Å². The lowest BCUT2D eigenvalue weighted by molar-refractivity contribution is -0.126. The number of hydrogen-bond acceptors (Lipinski definition) is 3. The Morgan fingerprint density at radius 2 is 1.76 bits per heavy atom. The van der Waals surface area contributed by atoms with Crippen molar-refractivity contribution < 1.29 is 14.3 Å². The van der Waals surface area contributed by atoms with E-state index in [1.54, 1.807) is 0 Å². The lowest BCUT2D eigenvalue weighted by Crippen LogP contribution is -2.15. The molecule has 0 spiro atoms. The van der Waals surface area contributed by atoms with Gasteiger partial charge < -0.3 is 9.47 Å². The molecule has 0 unspecified atom stereocenters. The molecule has 2 rings (SSSR count). The Balaban J connectivity index is 1.84. The highest BCUT2D eigenvalue weighted by atomic mass is 16.7. The molecule has 1 aromatic rings. The Morgan fingerprint density at radius 3 is 2.35 bits per heavy atom. The Bertz CT molecular complexity index is 364. The van der Waals surface area contributed by atoms with Crippen LogP contribution in [0.4, 0.5) is 0 Å². The number of carbonyl (C=O) groups excluding carboxylic acids is 1. The predicted octanol–water partition coefficient (Wildman–Crippen LogP) is 2.12. The summed E-state index contributed by atoms with van der Waals surface area (Å²) in [7, 11) is 0. The van der Waals surface area contributed by atoms with Crippen LogP contribution in [0.3, 0.4) is 0 Å². The van der Waals surface area contributed by atoms with Gasteiger partial charge in [-0.1, -0.05) is 31.2 Å². The molecule has 3 heteroatoms. The van der Waals surface area contributed by atoms with Crippen molar-refractivity contribution in [2.75, 3.05) is 13.2 Å². The predicted molar refractivity (Wildman–Crippen MR) is 64.8 cm³/mol. The van der Waals surface area contributed by atoms with Gasteiger partial charge in [-0.05, 0) is 17.5 Å². The molecule has 3 nitrogen and oxygen atoms in total. The van der Waals surface area contributed by atoms with Gasteiger partial charge in [0, 0.05) is 6.42 Å². The van der Waals surface area contributed by atoms with Crippen LogP contribution in [0.1, 0.15) is 24.5 Å². The molecule has 1 fully saturated rings. The molecule has 0 radical (unpaired) electrons. The monoisotopic (exact) mass is 234 g/mol. The van der Waals surface area contributed by atoms with E-state index < -0.39 is 0 Å². The van der Waals surface area contributed by atoms with E-state index in [0.717, 1.165) is 12.0 Å². The Hall–Kier alpha value is -1.19. The fourth-order valence-corrected chi connectivity index (χ4v) is 1.90. The molecule has 1 saturated heterocycles. The molecular weight excluding hydrogens is 216 g/mol. The van der Waals surface area contributed by atoms with Crippen LogP contribution in [0.25, 0.3) is 0 Å². The summed E-state index contributed by atoms with van der Waals surface area (Å²) < 4.78 is 10.5. The maximum Gasteiger partial charge on any atom is 0.164 e. The number of aryl methyl sites for hydroxylation is 1. The van der Waals surface area contributed by atoms with Crippen molar-refractivity contribution in [3.05, 3.63) is 35.4 Å². The number of hydrogen-bond donors (Lipinski definition) is 0. The van der Waals surface area contributed by atoms with Gasteiger partial charge >= 0.3 is 0 Å². The Labute approximate surface area is 102 Å². The van der Waals surface area contributed by atoms with E-state index >= 15 is 0 Å². The molecule has 17 heavy (non-hydrogen) atoms. The minimum atomic E-state index is -0.322. The summed E-state index contributed by atoms with van der Waals surface area (Å²) in [5.74, 6) is 0.168. The van der Waals surface area contributed by atoms with Crippen LogP contribution < -0.4 is 0 Å². The van der Waals surface area contributed by atoms with E-state index in [4.69, 9.17) is 9.47 Å². The van der Waals surface area contributed by atoms with Crippen molar-refractivity contribution in [3.8, 4) is 0 Å². The molecule has 0 amide bonds. The van der Waals surface area contributed by atoms with E-state index in [1.807, 2.05) is 12.1 Å². The highest BCUT2D eigenvalue weighted by Crippen LogP contribution is 2.11. The van der Waals surface area contributed by atoms with Crippen molar-refractivity contribution >= 4 is 5.78 Å². The maximum atomic E-state index is 11.8. The minimum Gasteiger partial charge on any atom is -0.350 e. The first-order chi connectivity index (χ1) is 8.28. The number of ether oxygens (including phenoxy) is 2. The number of rotatable bonds is 5. The first-order valence-electron chi connectivity index (χ1n) is 6.10. The van der Waals surface area contributed by atoms with Gasteiger partial charge in [-0.2, -0.15) is 0 Å². The third kappa shape index (κ3) is 3.65. The van der Waals surface area contributed by atoms with Gasteiger partial charge in [0.15, 0.2) is 6.29 Å². The Kier molecular flexibility index (Phi) is 4.29. The van der Waals surface area contributed by atoms with Gasteiger partial charge in [-0.25, -0.2) is 0 Å². The average Bonchev–Trinajstić information content (AvgIpc) is 2.82. The smallest absolute Gasteiger partial charge is 0.164 e. The van der Waals surface area contributed by atoms with Crippen LogP contribution in [0.2, 0.25) is 0 Å². The summed E-state index contributed by atoms with van der Waals surface area (Å²) in [6.07, 6.45) is 1.53. The summed E-state index contributed by atoms with van der Waals surface area (Å²) >= 11 is 0. The molecule has 0 atom stereocenters. The average molecular weight is 234 g/mol. The van der Waals surface area contributed by atoms with Gasteiger partial charge in [0.1, 0.15) is 5.78 Å². The van der Waals surface area contributed by atoms with Gasteiger partial charge in [-0.3, -0.25) is 4.79 Å². The first kappa shape index (κ1) is 12.3. The largest absolute Gasteiger partial charge is 0.350 e. The molecule has 0 saturated carbocycles. The first-order valence-corrected chi connectivity index (χ1v) is 6.10. The summed E-state index contributed by atoms with van der Waals surface area (Å²) in [6.45, 7) is 3.32. The van der Waals surface area contributed by atoms with E-state index in [2.05, 4.69) is 19.1 Å². The molecule has 1 aliphatic rings. The van der Waals surface area contributed by atoms with Crippen molar-refractivity contribution in [1.82, 2.24) is 0 Å². The van der Waals surface area contributed by atoms with E-state index in [1.165, 1.54) is 5.56 Å². The zero-order valence-electron chi connectivity index (χ0n) is 10.1. The van der Waals surface area contributed by atoms with Crippen LogP contribution in [-0.4, -0.2) is 25.3 Å². The molecule has 1 heterocycles. The summed E-state index contributed by atoms with van der Waals surface area (Å²) in [5, 5.41) is 0. The summed E-state index contributed by atoms with van der Waals surface area (Å²) in [5.41, 5.74) is 2.36. The number of benzene rings is 1. The second-order valence-corrected chi connectivity index (χ2v) is 4.26. The van der Waals surface area contributed by atoms with Gasteiger partial charge in [0.05, 0.1) is 19.6 Å². The summed E-state index contributed by atoms with van der Waals surface area (Å²) in [6, 6.07) is 8.19. The quantitative estimate of drug-likeness (QED) is 0.783. The summed E-state index contributed by atoms with van der Waals surface area (Å²) in [4.78, 5) is 11.8. The molecule has 0 aliphatic carbocycles. The highest BCUT2D eigenvalue weighted by Gasteiger charge is 2.19. The Morgan fingerprint density at radius 1 is 1.18 bits per heavy atom. The zero-order valence-corrected chi connectivity index (χ0v) is 10.1. The van der Waals surface area contributed by atoms with Crippen LogP contribution in [-0.2, 0) is 27.1 Å². The second kappa shape index (κ2) is 5.94. The zero-order chi connectivity index (χ0) is 12.1. The van der Waals surface area contributed by atoms with E-state index in [0.29, 0.717) is 26.1 Å². The van der Waals surface area contributed by atoms with Crippen LogP contribution in [0.15, 0.2) is 24.3 Å². The molecular formula is C14H18O3. The van der Waals surface area contributed by atoms with Crippen LogP contribution in [0, 0.1) is 0 Å². The number of carbonyl (C=O) groups is 1. The minimum absolute atomic E-state index is 0.168. The van der Waals surface area contributed by atoms with Crippen LogP contribution >= 0.6 is 0 Å². The fourth-order valence-electron chi connectivity index (χ4n) is 1.90.